The molecule has 1 N–H and O–H groups in total. The highest BCUT2D eigenvalue weighted by molar-refractivity contribution is 5.78. The molecule has 1 unspecified atom stereocenters. The summed E-state index contributed by atoms with van der Waals surface area (Å²) in [5.74, 6) is -0.601. The maximum Gasteiger partial charge on any atom is 0.410 e. The van der Waals surface area contributed by atoms with E-state index >= 15 is 0 Å². The molecule has 1 aliphatic rings. The van der Waals surface area contributed by atoms with E-state index in [0.29, 0.717) is 6.54 Å². The molecule has 7 heteroatoms. The molecule has 1 atom stereocenters. The molecule has 20 heavy (non-hydrogen) atoms. The Kier molecular flexibility index (Phi) is 5.35. The Hall–Kier alpha value is -1.34. The maximum atomic E-state index is 12.1. The molecular formula is C13H23NO6. The number of ether oxygens (including phenoxy) is 3. The number of aliphatic hydroxyl groups is 1. The minimum atomic E-state index is -1.26. The Morgan fingerprint density at radius 2 is 2.05 bits per heavy atom. The van der Waals surface area contributed by atoms with Crippen LogP contribution in [0.5, 0.6) is 0 Å². The largest absolute Gasteiger partial charge is 0.468 e. The minimum absolute atomic E-state index is 0.00505. The lowest BCUT2D eigenvalue weighted by molar-refractivity contribution is -0.159. The van der Waals surface area contributed by atoms with E-state index in [1.807, 2.05) is 0 Å². The van der Waals surface area contributed by atoms with Crippen molar-refractivity contribution < 1.29 is 28.9 Å². The number of esters is 1. The normalized spacial score (nSPS) is 23.9. The molecular weight excluding hydrogens is 266 g/mol. The van der Waals surface area contributed by atoms with E-state index in [2.05, 4.69) is 0 Å². The second kappa shape index (κ2) is 6.41. The zero-order valence-corrected chi connectivity index (χ0v) is 12.5. The van der Waals surface area contributed by atoms with Crippen LogP contribution >= 0.6 is 0 Å². The summed E-state index contributed by atoms with van der Waals surface area (Å²) in [6.07, 6.45) is -0.537. The third-order valence-corrected chi connectivity index (χ3v) is 2.95. The first-order valence-electron chi connectivity index (χ1n) is 6.49. The van der Waals surface area contributed by atoms with E-state index in [9.17, 15) is 14.7 Å². The summed E-state index contributed by atoms with van der Waals surface area (Å²) in [7, 11) is 1.24. The number of carbonyl (C=O) groups is 2. The topological polar surface area (TPSA) is 85.3 Å². The molecule has 0 aromatic rings. The smallest absolute Gasteiger partial charge is 0.410 e. The van der Waals surface area contributed by atoms with Crippen LogP contribution in [-0.4, -0.2) is 67.7 Å². The highest BCUT2D eigenvalue weighted by Crippen LogP contribution is 2.24. The van der Waals surface area contributed by atoms with Crippen molar-refractivity contribution in [2.45, 2.75) is 26.4 Å². The van der Waals surface area contributed by atoms with Crippen molar-refractivity contribution in [3.8, 4) is 0 Å². The first-order chi connectivity index (χ1) is 9.24. The second-order valence-electron chi connectivity index (χ2n) is 5.88. The molecule has 1 rings (SSSR count). The number of hydrogen-bond acceptors (Lipinski definition) is 6. The summed E-state index contributed by atoms with van der Waals surface area (Å²) >= 11 is 0. The van der Waals surface area contributed by atoms with E-state index < -0.39 is 29.7 Å². The van der Waals surface area contributed by atoms with Gasteiger partial charge in [0.15, 0.2) is 0 Å². The van der Waals surface area contributed by atoms with E-state index in [1.165, 1.54) is 12.0 Å². The maximum absolute atomic E-state index is 12.1. The van der Waals surface area contributed by atoms with Crippen LogP contribution in [0, 0.1) is 5.41 Å². The summed E-state index contributed by atoms with van der Waals surface area (Å²) in [6.45, 7) is 5.42. The van der Waals surface area contributed by atoms with E-state index in [4.69, 9.17) is 14.2 Å². The molecule has 0 aliphatic carbocycles. The second-order valence-corrected chi connectivity index (χ2v) is 5.88. The third-order valence-electron chi connectivity index (χ3n) is 2.95. The third kappa shape index (κ3) is 4.08. The van der Waals surface area contributed by atoms with Crippen molar-refractivity contribution in [3.05, 3.63) is 0 Å². The van der Waals surface area contributed by atoms with Gasteiger partial charge in [0, 0.05) is 13.1 Å². The molecule has 116 valence electrons. The molecule has 0 aromatic heterocycles. The van der Waals surface area contributed by atoms with Gasteiger partial charge < -0.3 is 24.2 Å². The number of nitrogens with zero attached hydrogens (tertiary/aromatic N) is 1. The van der Waals surface area contributed by atoms with Crippen molar-refractivity contribution in [1.82, 2.24) is 4.90 Å². The van der Waals surface area contributed by atoms with Crippen LogP contribution in [-0.2, 0) is 19.0 Å². The van der Waals surface area contributed by atoms with Gasteiger partial charge >= 0.3 is 12.1 Å². The Bertz CT molecular complexity index is 364. The zero-order chi connectivity index (χ0) is 15.4. The SMILES string of the molecule is COC(=O)C1(CO)COCCN(C(=O)OC(C)(C)C)C1. The molecule has 1 heterocycles. The van der Waals surface area contributed by atoms with Gasteiger partial charge in [-0.2, -0.15) is 0 Å². The van der Waals surface area contributed by atoms with Gasteiger partial charge in [0.05, 0.1) is 26.9 Å². The van der Waals surface area contributed by atoms with Crippen LogP contribution in [0.4, 0.5) is 4.79 Å². The van der Waals surface area contributed by atoms with Gasteiger partial charge in [-0.05, 0) is 20.8 Å². The van der Waals surface area contributed by atoms with Crippen LogP contribution in [0.2, 0.25) is 0 Å². The van der Waals surface area contributed by atoms with Crippen molar-refractivity contribution in [2.75, 3.05) is 40.0 Å². The quantitative estimate of drug-likeness (QED) is 0.741. The summed E-state index contributed by atoms with van der Waals surface area (Å²) in [5.41, 5.74) is -1.89. The molecule has 0 radical (unpaired) electrons. The van der Waals surface area contributed by atoms with E-state index in [1.54, 1.807) is 20.8 Å². The summed E-state index contributed by atoms with van der Waals surface area (Å²) in [5, 5.41) is 9.54. The molecule has 1 saturated heterocycles. The number of rotatable bonds is 2. The number of aliphatic hydroxyl groups excluding tert-OH is 1. The predicted molar refractivity (Wildman–Crippen MR) is 70.2 cm³/mol. The Morgan fingerprint density at radius 1 is 1.40 bits per heavy atom. The number of amides is 1. The average molecular weight is 289 g/mol. The monoisotopic (exact) mass is 289 g/mol. The molecule has 0 spiro atoms. The molecule has 7 nitrogen and oxygen atoms in total. The van der Waals surface area contributed by atoms with Crippen LogP contribution in [0.1, 0.15) is 20.8 Å². The van der Waals surface area contributed by atoms with Crippen molar-refractivity contribution in [2.24, 2.45) is 5.41 Å². The van der Waals surface area contributed by atoms with Gasteiger partial charge in [0.2, 0.25) is 0 Å². The lowest BCUT2D eigenvalue weighted by Crippen LogP contribution is -2.50. The molecule has 1 aliphatic heterocycles. The fourth-order valence-corrected chi connectivity index (χ4v) is 1.91. The average Bonchev–Trinajstić information content (AvgIpc) is 2.59. The van der Waals surface area contributed by atoms with Gasteiger partial charge in [-0.25, -0.2) is 4.79 Å². The molecule has 0 aromatic carbocycles. The van der Waals surface area contributed by atoms with E-state index in [-0.39, 0.29) is 19.8 Å². The minimum Gasteiger partial charge on any atom is -0.468 e. The summed E-state index contributed by atoms with van der Waals surface area (Å²) < 4.78 is 15.3. The fourth-order valence-electron chi connectivity index (χ4n) is 1.91. The van der Waals surface area contributed by atoms with Crippen LogP contribution < -0.4 is 0 Å². The lowest BCUT2D eigenvalue weighted by atomic mass is 9.89. The summed E-state index contributed by atoms with van der Waals surface area (Å²) in [6, 6.07) is 0. The summed E-state index contributed by atoms with van der Waals surface area (Å²) in [4.78, 5) is 25.3. The Balaban J connectivity index is 2.88. The highest BCUT2D eigenvalue weighted by Gasteiger charge is 2.44. The molecule has 0 bridgehead atoms. The first kappa shape index (κ1) is 16.7. The van der Waals surface area contributed by atoms with Crippen LogP contribution in [0.15, 0.2) is 0 Å². The lowest BCUT2D eigenvalue weighted by Gasteiger charge is -2.32. The van der Waals surface area contributed by atoms with Crippen molar-refractivity contribution in [1.29, 1.82) is 0 Å². The molecule has 1 fully saturated rings. The van der Waals surface area contributed by atoms with E-state index in [0.717, 1.165) is 0 Å². The Labute approximate surface area is 118 Å². The number of methoxy groups -OCH3 is 1. The molecule has 1 amide bonds. The van der Waals surface area contributed by atoms with Gasteiger partial charge in [0.25, 0.3) is 0 Å². The van der Waals surface area contributed by atoms with Gasteiger partial charge in [-0.15, -0.1) is 0 Å². The number of carbonyl (C=O) groups excluding carboxylic acids is 2. The van der Waals surface area contributed by atoms with Crippen molar-refractivity contribution in [3.63, 3.8) is 0 Å². The van der Waals surface area contributed by atoms with Gasteiger partial charge in [-0.3, -0.25) is 4.79 Å². The zero-order valence-electron chi connectivity index (χ0n) is 12.5. The molecule has 0 saturated carbocycles. The van der Waals surface area contributed by atoms with Crippen molar-refractivity contribution >= 4 is 12.1 Å². The highest BCUT2D eigenvalue weighted by atomic mass is 16.6. The predicted octanol–water partition coefficient (Wildman–Crippen LogP) is 0.405. The van der Waals surface area contributed by atoms with Gasteiger partial charge in [0.1, 0.15) is 11.0 Å². The van der Waals surface area contributed by atoms with Crippen LogP contribution in [0.3, 0.4) is 0 Å². The van der Waals surface area contributed by atoms with Crippen LogP contribution in [0.25, 0.3) is 0 Å². The fraction of sp³-hybridized carbons (Fsp3) is 0.846. The number of hydrogen-bond donors (Lipinski definition) is 1. The first-order valence-corrected chi connectivity index (χ1v) is 6.49. The van der Waals surface area contributed by atoms with Gasteiger partial charge in [-0.1, -0.05) is 0 Å². The Morgan fingerprint density at radius 3 is 2.55 bits per heavy atom. The standard InChI is InChI=1S/C13H23NO6/c1-12(2,3)20-11(17)14-5-6-19-9-13(7-14,8-15)10(16)18-4/h15H,5-9H2,1-4H3.